The van der Waals surface area contributed by atoms with E-state index in [4.69, 9.17) is 11.6 Å². The van der Waals surface area contributed by atoms with Crippen molar-refractivity contribution in [3.63, 3.8) is 0 Å². The van der Waals surface area contributed by atoms with Crippen molar-refractivity contribution < 1.29 is 8.42 Å². The Morgan fingerprint density at radius 1 is 1.22 bits per heavy atom. The van der Waals surface area contributed by atoms with Crippen molar-refractivity contribution >= 4 is 27.1 Å². The predicted octanol–water partition coefficient (Wildman–Crippen LogP) is 3.30. The van der Waals surface area contributed by atoms with E-state index >= 15 is 0 Å². The Balaban J connectivity index is 2.77. The molecule has 18 heavy (non-hydrogen) atoms. The van der Waals surface area contributed by atoms with Crippen LogP contribution in [-0.2, 0) is 9.84 Å². The van der Waals surface area contributed by atoms with E-state index in [9.17, 15) is 8.42 Å². The molecule has 0 saturated carbocycles. The first-order valence-corrected chi connectivity index (χ1v) is 8.37. The smallest absolute Gasteiger partial charge is 0.178 e. The van der Waals surface area contributed by atoms with Gasteiger partial charge < -0.3 is 5.32 Å². The number of anilines is 1. The van der Waals surface area contributed by atoms with Crippen molar-refractivity contribution in [3.05, 3.63) is 24.3 Å². The number of alkyl halides is 1. The van der Waals surface area contributed by atoms with Crippen LogP contribution in [-0.4, -0.2) is 26.1 Å². The van der Waals surface area contributed by atoms with Crippen molar-refractivity contribution in [3.8, 4) is 0 Å². The highest BCUT2D eigenvalue weighted by Gasteiger charge is 2.11. The molecule has 1 aromatic rings. The van der Waals surface area contributed by atoms with Gasteiger partial charge in [0.05, 0.1) is 10.6 Å². The number of halogens is 1. The zero-order chi connectivity index (χ0) is 13.6. The highest BCUT2D eigenvalue weighted by atomic mass is 35.5. The minimum atomic E-state index is -3.11. The summed E-state index contributed by atoms with van der Waals surface area (Å²) in [6.07, 6.45) is 1.88. The normalized spacial score (nSPS) is 13.3. The molecule has 0 aliphatic rings. The molecule has 5 heteroatoms. The van der Waals surface area contributed by atoms with Gasteiger partial charge in [0.15, 0.2) is 9.84 Å². The summed E-state index contributed by atoms with van der Waals surface area (Å²) in [5.41, 5.74) is 0.932. The lowest BCUT2D eigenvalue weighted by Crippen LogP contribution is -2.18. The number of hydrogen-bond donors (Lipinski definition) is 1. The summed E-state index contributed by atoms with van der Waals surface area (Å²) in [5.74, 6) is 0.747. The van der Waals surface area contributed by atoms with Crippen LogP contribution in [0.15, 0.2) is 29.2 Å². The first-order chi connectivity index (χ1) is 8.53. The number of rotatable bonds is 7. The molecule has 0 heterocycles. The van der Waals surface area contributed by atoms with Crippen LogP contribution in [0.4, 0.5) is 5.69 Å². The molecule has 0 spiro atoms. The number of hydrogen-bond acceptors (Lipinski definition) is 3. The largest absolute Gasteiger partial charge is 0.382 e. The SMILES string of the molecule is CCC(CCCl)Nc1ccc(S(=O)(=O)CC)cc1. The van der Waals surface area contributed by atoms with Gasteiger partial charge in [0.2, 0.25) is 0 Å². The summed E-state index contributed by atoms with van der Waals surface area (Å²) in [4.78, 5) is 0.376. The molecule has 102 valence electrons. The topological polar surface area (TPSA) is 46.2 Å². The molecule has 0 aliphatic carbocycles. The lowest BCUT2D eigenvalue weighted by atomic mass is 10.1. The molecule has 1 aromatic carbocycles. The molecule has 0 radical (unpaired) electrons. The molecule has 1 unspecified atom stereocenters. The van der Waals surface area contributed by atoms with Gasteiger partial charge >= 0.3 is 0 Å². The van der Waals surface area contributed by atoms with Crippen LogP contribution in [0.1, 0.15) is 26.7 Å². The zero-order valence-electron chi connectivity index (χ0n) is 10.8. The second-order valence-electron chi connectivity index (χ2n) is 4.15. The first-order valence-electron chi connectivity index (χ1n) is 6.18. The summed E-state index contributed by atoms with van der Waals surface area (Å²) < 4.78 is 23.3. The molecule has 0 aliphatic heterocycles. The fraction of sp³-hybridized carbons (Fsp3) is 0.538. The average Bonchev–Trinajstić information content (AvgIpc) is 2.39. The maximum Gasteiger partial charge on any atom is 0.178 e. The van der Waals surface area contributed by atoms with E-state index < -0.39 is 9.84 Å². The van der Waals surface area contributed by atoms with Crippen molar-refractivity contribution in [1.29, 1.82) is 0 Å². The minimum absolute atomic E-state index is 0.129. The monoisotopic (exact) mass is 289 g/mol. The maximum atomic E-state index is 11.7. The molecule has 1 rings (SSSR count). The van der Waals surface area contributed by atoms with E-state index in [0.29, 0.717) is 16.8 Å². The molecular weight excluding hydrogens is 270 g/mol. The second-order valence-corrected chi connectivity index (χ2v) is 6.81. The number of benzene rings is 1. The van der Waals surface area contributed by atoms with Crippen LogP contribution in [0.3, 0.4) is 0 Å². The quantitative estimate of drug-likeness (QED) is 0.784. The standard InChI is InChI=1S/C13H20ClNO2S/c1-3-11(9-10-14)15-12-5-7-13(8-6-12)18(16,17)4-2/h5-8,11,15H,3-4,9-10H2,1-2H3. The Bertz CT molecular complexity index is 456. The molecule has 3 nitrogen and oxygen atoms in total. The number of nitrogens with one attached hydrogen (secondary N) is 1. The summed E-state index contributed by atoms with van der Waals surface area (Å²) in [7, 11) is -3.11. The third kappa shape index (κ3) is 4.18. The van der Waals surface area contributed by atoms with Crippen molar-refractivity contribution in [2.75, 3.05) is 16.9 Å². The molecular formula is C13H20ClNO2S. The Kier molecular flexibility index (Phi) is 5.96. The van der Waals surface area contributed by atoms with Gasteiger partial charge in [0.25, 0.3) is 0 Å². The van der Waals surface area contributed by atoms with Gasteiger partial charge in [0.1, 0.15) is 0 Å². The Morgan fingerprint density at radius 3 is 2.28 bits per heavy atom. The van der Waals surface area contributed by atoms with Crippen LogP contribution >= 0.6 is 11.6 Å². The Hall–Kier alpha value is -0.740. The molecule has 0 aromatic heterocycles. The summed E-state index contributed by atoms with van der Waals surface area (Å²) in [5, 5.41) is 3.35. The lowest BCUT2D eigenvalue weighted by molar-refractivity contribution is 0.597. The van der Waals surface area contributed by atoms with Gasteiger partial charge in [-0.3, -0.25) is 0 Å². The van der Waals surface area contributed by atoms with E-state index in [2.05, 4.69) is 12.2 Å². The van der Waals surface area contributed by atoms with Gasteiger partial charge in [-0.05, 0) is 37.1 Å². The highest BCUT2D eigenvalue weighted by Crippen LogP contribution is 2.17. The first kappa shape index (κ1) is 15.3. The highest BCUT2D eigenvalue weighted by molar-refractivity contribution is 7.91. The number of sulfone groups is 1. The molecule has 0 saturated heterocycles. The molecule has 0 amide bonds. The van der Waals surface area contributed by atoms with Crippen molar-refractivity contribution in [2.24, 2.45) is 0 Å². The van der Waals surface area contributed by atoms with Crippen molar-refractivity contribution in [2.45, 2.75) is 37.6 Å². The van der Waals surface area contributed by atoms with Crippen LogP contribution in [0.2, 0.25) is 0 Å². The van der Waals surface area contributed by atoms with Crippen LogP contribution in [0.5, 0.6) is 0 Å². The Labute approximate surface area is 114 Å². The van der Waals surface area contributed by atoms with Crippen LogP contribution in [0.25, 0.3) is 0 Å². The third-order valence-electron chi connectivity index (χ3n) is 2.91. The summed E-state index contributed by atoms with van der Waals surface area (Å²) in [6, 6.07) is 7.23. The maximum absolute atomic E-state index is 11.7. The second kappa shape index (κ2) is 7.00. The lowest BCUT2D eigenvalue weighted by Gasteiger charge is -2.17. The summed E-state index contributed by atoms with van der Waals surface area (Å²) >= 11 is 5.73. The van der Waals surface area contributed by atoms with E-state index in [1.807, 2.05) is 0 Å². The van der Waals surface area contributed by atoms with Gasteiger partial charge in [-0.15, -0.1) is 11.6 Å². The molecule has 1 N–H and O–H groups in total. The fourth-order valence-corrected chi connectivity index (χ4v) is 2.82. The third-order valence-corrected chi connectivity index (χ3v) is 4.88. The van der Waals surface area contributed by atoms with E-state index in [1.54, 1.807) is 31.2 Å². The van der Waals surface area contributed by atoms with Gasteiger partial charge in [-0.1, -0.05) is 13.8 Å². The molecule has 0 fully saturated rings. The van der Waals surface area contributed by atoms with Crippen LogP contribution < -0.4 is 5.32 Å². The van der Waals surface area contributed by atoms with Crippen LogP contribution in [0, 0.1) is 0 Å². The molecule has 0 bridgehead atoms. The molecule has 1 atom stereocenters. The minimum Gasteiger partial charge on any atom is -0.382 e. The van der Waals surface area contributed by atoms with Gasteiger partial charge in [-0.25, -0.2) is 8.42 Å². The summed E-state index contributed by atoms with van der Waals surface area (Å²) in [6.45, 7) is 3.75. The van der Waals surface area contributed by atoms with E-state index in [1.165, 1.54) is 0 Å². The van der Waals surface area contributed by atoms with Gasteiger partial charge in [0, 0.05) is 17.6 Å². The fourth-order valence-electron chi connectivity index (χ4n) is 1.67. The Morgan fingerprint density at radius 2 is 1.83 bits per heavy atom. The predicted molar refractivity (Wildman–Crippen MR) is 77.2 cm³/mol. The van der Waals surface area contributed by atoms with Crippen molar-refractivity contribution in [1.82, 2.24) is 0 Å². The van der Waals surface area contributed by atoms with E-state index in [0.717, 1.165) is 18.5 Å². The van der Waals surface area contributed by atoms with E-state index in [-0.39, 0.29) is 5.75 Å². The zero-order valence-corrected chi connectivity index (χ0v) is 12.4. The van der Waals surface area contributed by atoms with Gasteiger partial charge in [-0.2, -0.15) is 0 Å². The average molecular weight is 290 g/mol.